The van der Waals surface area contributed by atoms with Gasteiger partial charge in [0.05, 0.1) is 25.2 Å². The Balaban J connectivity index is 1.64. The number of hydrogen-bond acceptors (Lipinski definition) is 7. The lowest BCUT2D eigenvalue weighted by Gasteiger charge is -2.25. The highest BCUT2D eigenvalue weighted by Gasteiger charge is 2.23. The second kappa shape index (κ2) is 8.82. The number of hydrogen-bond donors (Lipinski definition) is 1. The third kappa shape index (κ3) is 6.71. The highest BCUT2D eigenvalue weighted by atomic mass is 32.2. The summed E-state index contributed by atoms with van der Waals surface area (Å²) in [6.45, 7) is 0.564. The molecular formula is C16H22N2O6S. The highest BCUT2D eigenvalue weighted by Crippen LogP contribution is 2.10. The molecule has 2 rings (SSSR count). The number of methoxy groups -OCH3 is 1. The fraction of sp³-hybridized carbons (Fsp3) is 0.500. The second-order valence-electron chi connectivity index (χ2n) is 5.71. The number of nitrogens with one attached hydrogen (secondary N) is 1. The van der Waals surface area contributed by atoms with E-state index < -0.39 is 21.7 Å². The first-order chi connectivity index (χ1) is 11.9. The van der Waals surface area contributed by atoms with E-state index in [0.29, 0.717) is 19.6 Å². The first-order valence-electron chi connectivity index (χ1n) is 7.86. The maximum Gasteiger partial charge on any atom is 0.320 e. The number of benzene rings is 1. The van der Waals surface area contributed by atoms with E-state index in [0.717, 1.165) is 11.3 Å². The zero-order valence-electron chi connectivity index (χ0n) is 14.1. The number of sulfone groups is 1. The van der Waals surface area contributed by atoms with E-state index >= 15 is 0 Å². The molecule has 1 aromatic rings. The van der Waals surface area contributed by atoms with Crippen molar-refractivity contribution in [2.24, 2.45) is 0 Å². The Kier molecular flexibility index (Phi) is 6.77. The lowest BCUT2D eigenvalue weighted by atomic mass is 10.2. The standard InChI is InChI=1S/C16H22N2O6S/c1-23-14-4-2-13(3-5-14)10-17-15(19)12-24-16(20)11-18-6-8-25(21,22)9-7-18/h2-5H,6-12H2,1H3,(H,17,19). The Bertz CT molecular complexity index is 688. The van der Waals surface area contributed by atoms with Crippen molar-refractivity contribution in [3.05, 3.63) is 29.8 Å². The van der Waals surface area contributed by atoms with Crippen molar-refractivity contribution in [1.29, 1.82) is 0 Å². The van der Waals surface area contributed by atoms with Gasteiger partial charge in [-0.25, -0.2) is 8.42 Å². The number of carbonyl (C=O) groups is 2. The molecule has 1 N–H and O–H groups in total. The van der Waals surface area contributed by atoms with E-state index in [1.54, 1.807) is 24.1 Å². The SMILES string of the molecule is COc1ccc(CNC(=O)COC(=O)CN2CCS(=O)(=O)CC2)cc1. The van der Waals surface area contributed by atoms with Gasteiger partial charge in [0.1, 0.15) is 5.75 Å². The van der Waals surface area contributed by atoms with Gasteiger partial charge >= 0.3 is 5.97 Å². The van der Waals surface area contributed by atoms with Crippen LogP contribution >= 0.6 is 0 Å². The number of esters is 1. The molecular weight excluding hydrogens is 348 g/mol. The van der Waals surface area contributed by atoms with Crippen molar-refractivity contribution in [1.82, 2.24) is 10.2 Å². The van der Waals surface area contributed by atoms with Crippen LogP contribution in [-0.2, 0) is 30.7 Å². The van der Waals surface area contributed by atoms with Crippen molar-refractivity contribution in [3.63, 3.8) is 0 Å². The third-order valence-corrected chi connectivity index (χ3v) is 5.41. The molecule has 1 aliphatic heterocycles. The number of carbonyl (C=O) groups excluding carboxylic acids is 2. The van der Waals surface area contributed by atoms with Crippen LogP contribution in [0.2, 0.25) is 0 Å². The molecule has 0 spiro atoms. The van der Waals surface area contributed by atoms with Crippen LogP contribution in [0.4, 0.5) is 0 Å². The summed E-state index contributed by atoms with van der Waals surface area (Å²) >= 11 is 0. The van der Waals surface area contributed by atoms with Crippen LogP contribution < -0.4 is 10.1 Å². The van der Waals surface area contributed by atoms with Gasteiger partial charge in [0.2, 0.25) is 0 Å². The normalized spacial score (nSPS) is 16.8. The number of ether oxygens (including phenoxy) is 2. The van der Waals surface area contributed by atoms with Crippen molar-refractivity contribution < 1.29 is 27.5 Å². The molecule has 8 nitrogen and oxygen atoms in total. The summed E-state index contributed by atoms with van der Waals surface area (Å²) in [5.41, 5.74) is 0.898. The van der Waals surface area contributed by atoms with Gasteiger partial charge in [0.25, 0.3) is 5.91 Å². The Labute approximate surface area is 147 Å². The second-order valence-corrected chi connectivity index (χ2v) is 8.02. The topological polar surface area (TPSA) is 102 Å². The Morgan fingerprint density at radius 2 is 1.80 bits per heavy atom. The Morgan fingerprint density at radius 3 is 2.40 bits per heavy atom. The first kappa shape index (κ1) is 19.2. The van der Waals surface area contributed by atoms with Crippen molar-refractivity contribution >= 4 is 21.7 Å². The fourth-order valence-electron chi connectivity index (χ4n) is 2.28. The summed E-state index contributed by atoms with van der Waals surface area (Å²) < 4.78 is 32.6. The number of nitrogens with zero attached hydrogens (tertiary/aromatic N) is 1. The predicted octanol–water partition coefficient (Wildman–Crippen LogP) is -0.415. The third-order valence-electron chi connectivity index (χ3n) is 3.80. The molecule has 1 heterocycles. The molecule has 1 aliphatic rings. The van der Waals surface area contributed by atoms with Crippen LogP contribution in [0.5, 0.6) is 5.75 Å². The summed E-state index contributed by atoms with van der Waals surface area (Å²) in [4.78, 5) is 25.1. The molecule has 25 heavy (non-hydrogen) atoms. The molecule has 1 fully saturated rings. The summed E-state index contributed by atoms with van der Waals surface area (Å²) in [6, 6.07) is 7.24. The van der Waals surface area contributed by atoms with Crippen LogP contribution in [0.3, 0.4) is 0 Å². The van der Waals surface area contributed by atoms with Gasteiger partial charge in [0.15, 0.2) is 16.4 Å². The maximum absolute atomic E-state index is 11.7. The molecule has 9 heteroatoms. The zero-order chi connectivity index (χ0) is 18.3. The molecule has 1 saturated heterocycles. The minimum atomic E-state index is -2.98. The predicted molar refractivity (Wildman–Crippen MR) is 90.9 cm³/mol. The quantitative estimate of drug-likeness (QED) is 0.651. The summed E-state index contributed by atoms with van der Waals surface area (Å²) in [6.07, 6.45) is 0. The zero-order valence-corrected chi connectivity index (χ0v) is 14.9. The molecule has 0 saturated carbocycles. The van der Waals surface area contributed by atoms with Gasteiger partial charge in [-0.15, -0.1) is 0 Å². The molecule has 0 aromatic heterocycles. The van der Waals surface area contributed by atoms with Crippen LogP contribution in [0.1, 0.15) is 5.56 Å². The van der Waals surface area contributed by atoms with Gasteiger partial charge in [-0.1, -0.05) is 12.1 Å². The molecule has 0 bridgehead atoms. The van der Waals surface area contributed by atoms with Crippen LogP contribution in [0, 0.1) is 0 Å². The Morgan fingerprint density at radius 1 is 1.16 bits per heavy atom. The van der Waals surface area contributed by atoms with Gasteiger partial charge in [-0.3, -0.25) is 14.5 Å². The first-order valence-corrected chi connectivity index (χ1v) is 9.68. The smallest absolute Gasteiger partial charge is 0.320 e. The molecule has 138 valence electrons. The average Bonchev–Trinajstić information content (AvgIpc) is 2.60. The molecule has 0 aliphatic carbocycles. The molecule has 0 radical (unpaired) electrons. The monoisotopic (exact) mass is 370 g/mol. The van der Waals surface area contributed by atoms with Gasteiger partial charge in [-0.2, -0.15) is 0 Å². The van der Waals surface area contributed by atoms with Crippen molar-refractivity contribution in [2.75, 3.05) is 44.9 Å². The van der Waals surface area contributed by atoms with Crippen molar-refractivity contribution in [3.8, 4) is 5.75 Å². The summed E-state index contributed by atoms with van der Waals surface area (Å²) in [5, 5.41) is 2.66. The lowest BCUT2D eigenvalue weighted by Crippen LogP contribution is -2.43. The van der Waals surface area contributed by atoms with Crippen LogP contribution in [-0.4, -0.2) is 70.1 Å². The van der Waals surface area contributed by atoms with E-state index in [9.17, 15) is 18.0 Å². The van der Waals surface area contributed by atoms with Crippen molar-refractivity contribution in [2.45, 2.75) is 6.54 Å². The van der Waals surface area contributed by atoms with E-state index in [1.807, 2.05) is 12.1 Å². The fourth-order valence-corrected chi connectivity index (χ4v) is 3.55. The van der Waals surface area contributed by atoms with Gasteiger partial charge < -0.3 is 14.8 Å². The molecule has 0 atom stereocenters. The molecule has 0 unspecified atom stereocenters. The summed E-state index contributed by atoms with van der Waals surface area (Å²) in [5.74, 6) is -0.121. The van der Waals surface area contributed by atoms with E-state index in [4.69, 9.17) is 9.47 Å². The highest BCUT2D eigenvalue weighted by molar-refractivity contribution is 7.91. The maximum atomic E-state index is 11.7. The Hall–Kier alpha value is -2.13. The molecule has 1 aromatic carbocycles. The largest absolute Gasteiger partial charge is 0.497 e. The van der Waals surface area contributed by atoms with Gasteiger partial charge in [-0.05, 0) is 17.7 Å². The minimum absolute atomic E-state index is 0.0126. The lowest BCUT2D eigenvalue weighted by molar-refractivity contribution is -0.149. The number of rotatable bonds is 7. The minimum Gasteiger partial charge on any atom is -0.497 e. The summed E-state index contributed by atoms with van der Waals surface area (Å²) in [7, 11) is -1.40. The van der Waals surface area contributed by atoms with Crippen LogP contribution in [0.25, 0.3) is 0 Å². The van der Waals surface area contributed by atoms with Crippen LogP contribution in [0.15, 0.2) is 24.3 Å². The van der Waals surface area contributed by atoms with E-state index in [1.165, 1.54) is 0 Å². The number of amides is 1. The van der Waals surface area contributed by atoms with E-state index in [2.05, 4.69) is 5.32 Å². The van der Waals surface area contributed by atoms with E-state index in [-0.39, 0.29) is 24.7 Å². The van der Waals surface area contributed by atoms with Gasteiger partial charge in [0, 0.05) is 19.6 Å². The average molecular weight is 370 g/mol. The molecule has 1 amide bonds.